The number of rotatable bonds is 6. The van der Waals surface area contributed by atoms with Gasteiger partial charge >= 0.3 is 24.2 Å². The number of amides is 4. The van der Waals surface area contributed by atoms with E-state index in [2.05, 4.69) is 10.6 Å². The maximum absolute atomic E-state index is 14.7. The predicted molar refractivity (Wildman–Crippen MR) is 200 cm³/mol. The molecule has 4 amide bonds. The third-order valence-corrected chi connectivity index (χ3v) is 10.0. The maximum atomic E-state index is 14.7. The number of nitrogens with two attached hydrogens (primary N) is 1. The van der Waals surface area contributed by atoms with E-state index in [9.17, 15) is 44.4 Å². The number of esters is 1. The number of anilines is 1. The topological polar surface area (TPSA) is 275 Å². The molecule has 20 heteroatoms. The minimum atomic E-state index is -2.06. The molecule has 3 aliphatic heterocycles. The van der Waals surface area contributed by atoms with Crippen molar-refractivity contribution in [2.45, 2.75) is 102 Å². The van der Waals surface area contributed by atoms with Crippen molar-refractivity contribution in [1.82, 2.24) is 10.6 Å². The van der Waals surface area contributed by atoms with Gasteiger partial charge in [-0.1, -0.05) is 48.4 Å². The van der Waals surface area contributed by atoms with Crippen LogP contribution in [0.15, 0.2) is 47.6 Å². The van der Waals surface area contributed by atoms with Gasteiger partial charge in [0.05, 0.1) is 12.1 Å². The van der Waals surface area contributed by atoms with Crippen LogP contribution in [-0.4, -0.2) is 126 Å². The average molecular weight is 825 g/mol. The summed E-state index contributed by atoms with van der Waals surface area (Å²) in [4.78, 5) is 64.6. The number of aliphatic hydroxyl groups excluding tert-OH is 2. The van der Waals surface area contributed by atoms with Crippen LogP contribution in [0.1, 0.15) is 46.1 Å². The Morgan fingerprint density at radius 1 is 1.16 bits per heavy atom. The number of phenols is 1. The second kappa shape index (κ2) is 19.0. The van der Waals surface area contributed by atoms with Crippen LogP contribution in [0, 0.1) is 5.92 Å². The van der Waals surface area contributed by atoms with Crippen LogP contribution in [-0.2, 0) is 44.4 Å². The van der Waals surface area contributed by atoms with Crippen molar-refractivity contribution in [3.05, 3.63) is 58.2 Å². The first kappa shape index (κ1) is 44.8. The van der Waals surface area contributed by atoms with Gasteiger partial charge in [0, 0.05) is 33.4 Å². The molecule has 3 aliphatic rings. The van der Waals surface area contributed by atoms with E-state index in [0.29, 0.717) is 11.1 Å². The second-order valence-corrected chi connectivity index (χ2v) is 14.4. The summed E-state index contributed by atoms with van der Waals surface area (Å²) >= 11 is 6.68. The number of aromatic hydroxyl groups is 1. The lowest BCUT2D eigenvalue weighted by Gasteiger charge is -2.46. The fourth-order valence-electron chi connectivity index (χ4n) is 6.82. The third-order valence-electron chi connectivity index (χ3n) is 9.64. The zero-order valence-corrected chi connectivity index (χ0v) is 32.9. The van der Waals surface area contributed by atoms with Crippen LogP contribution in [0.2, 0.25) is 5.02 Å². The van der Waals surface area contributed by atoms with E-state index in [1.165, 1.54) is 26.3 Å². The molecule has 10 atom stereocenters. The molecule has 314 valence electrons. The fourth-order valence-corrected chi connectivity index (χ4v) is 7.02. The number of fused-ring (bicyclic) bond motifs is 4. The van der Waals surface area contributed by atoms with Crippen molar-refractivity contribution in [2.24, 2.45) is 11.7 Å². The van der Waals surface area contributed by atoms with Crippen molar-refractivity contribution >= 4 is 47.4 Å². The second-order valence-electron chi connectivity index (χ2n) is 14.0. The Bertz CT molecular complexity index is 1790. The van der Waals surface area contributed by atoms with Gasteiger partial charge in [-0.25, -0.2) is 14.4 Å². The van der Waals surface area contributed by atoms with Gasteiger partial charge in [-0.15, -0.1) is 0 Å². The van der Waals surface area contributed by atoms with Crippen molar-refractivity contribution in [2.75, 3.05) is 25.7 Å². The Morgan fingerprint density at radius 2 is 1.86 bits per heavy atom. The lowest BCUT2D eigenvalue weighted by atomic mass is 9.89. The summed E-state index contributed by atoms with van der Waals surface area (Å²) in [7, 11) is 2.66. The number of alkyl carbamates (subject to hydrolysis) is 2. The number of allylic oxidation sites excluding steroid dienone is 3. The lowest BCUT2D eigenvalue weighted by molar-refractivity contribution is -0.230. The molecule has 0 spiro atoms. The number of hydrogen-bond acceptors (Lipinski definition) is 15. The number of carbonyl (C=O) groups is 5. The Kier molecular flexibility index (Phi) is 14.9. The fraction of sp³-hybridized carbons (Fsp3) is 0.541. The van der Waals surface area contributed by atoms with E-state index < -0.39 is 110 Å². The summed E-state index contributed by atoms with van der Waals surface area (Å²) in [6.07, 6.45) is -9.89. The standard InChI is InChI=1S/C37H49ClN4O15/c1-17-8-7-9-27(52-6)37(51)15-25(56-36(50)41-37)19(3)11-18(2)24(55-35(49)40-5)14-28(45)42(22-12-21(10-17)13-23(44)29(22)38)33-31(47)30(46)32(57-34(39)48)26(54-33)16-53-20(4)43/h7-9,11-13,19,24-27,30-33,44,46-47,51H,10,14-16H2,1-6H3,(H2,39,48)(H,40,49)(H,41,50)/t19-,24-,25-,26-,27+,30-,31-,32-,33-,37-/m0/s1. The van der Waals surface area contributed by atoms with Crippen LogP contribution in [0.4, 0.5) is 20.1 Å². The molecule has 1 aromatic carbocycles. The molecule has 4 bridgehead atoms. The molecule has 3 heterocycles. The molecule has 1 aromatic rings. The monoisotopic (exact) mass is 824 g/mol. The molecule has 0 aromatic heterocycles. The molecule has 0 radical (unpaired) electrons. The summed E-state index contributed by atoms with van der Waals surface area (Å²) in [6, 6.07) is 2.77. The van der Waals surface area contributed by atoms with Crippen molar-refractivity contribution in [3.8, 4) is 5.75 Å². The van der Waals surface area contributed by atoms with Gasteiger partial charge < -0.3 is 59.9 Å². The zero-order chi connectivity index (χ0) is 42.4. The number of nitrogens with one attached hydrogen (secondary N) is 2. The van der Waals surface area contributed by atoms with Gasteiger partial charge in [0.2, 0.25) is 5.91 Å². The normalized spacial score (nSPS) is 31.2. The lowest BCUT2D eigenvalue weighted by Crippen LogP contribution is -2.65. The first-order valence-corrected chi connectivity index (χ1v) is 18.2. The number of nitrogens with zero attached hydrogens (tertiary/aromatic N) is 1. The molecule has 0 unspecified atom stereocenters. The van der Waals surface area contributed by atoms with Gasteiger partial charge in [-0.3, -0.25) is 19.8 Å². The summed E-state index contributed by atoms with van der Waals surface area (Å²) in [5, 5.41) is 49.9. The molecule has 4 rings (SSSR count). The van der Waals surface area contributed by atoms with E-state index in [1.807, 2.05) is 0 Å². The van der Waals surface area contributed by atoms with Crippen molar-refractivity contribution in [3.63, 3.8) is 0 Å². The zero-order valence-electron chi connectivity index (χ0n) is 32.2. The quantitative estimate of drug-likeness (QED) is 0.122. The Hall–Kier alpha value is -4.92. The van der Waals surface area contributed by atoms with Gasteiger partial charge in [-0.05, 0) is 43.5 Å². The number of methoxy groups -OCH3 is 1. The van der Waals surface area contributed by atoms with Gasteiger partial charge in [0.1, 0.15) is 54.0 Å². The highest BCUT2D eigenvalue weighted by Gasteiger charge is 2.51. The number of ether oxygens (including phenoxy) is 6. The predicted octanol–water partition coefficient (Wildman–Crippen LogP) is 1.81. The highest BCUT2D eigenvalue weighted by atomic mass is 35.5. The van der Waals surface area contributed by atoms with Crippen molar-refractivity contribution in [1.29, 1.82) is 0 Å². The third kappa shape index (κ3) is 10.9. The molecule has 2 saturated heterocycles. The highest BCUT2D eigenvalue weighted by Crippen LogP contribution is 2.40. The Labute approximate surface area is 333 Å². The summed E-state index contributed by atoms with van der Waals surface area (Å²) < 4.78 is 32.9. The Balaban J connectivity index is 1.93. The van der Waals surface area contributed by atoms with E-state index in [4.69, 9.17) is 45.8 Å². The summed E-state index contributed by atoms with van der Waals surface area (Å²) in [5.74, 6) is -2.84. The molecule has 0 aliphatic carbocycles. The number of phenolic OH excluding ortho intramolecular Hbond substituents is 1. The van der Waals surface area contributed by atoms with E-state index in [0.717, 1.165) is 11.8 Å². The molecule has 57 heavy (non-hydrogen) atoms. The van der Waals surface area contributed by atoms with Crippen LogP contribution < -0.4 is 21.3 Å². The van der Waals surface area contributed by atoms with Crippen molar-refractivity contribution < 1.29 is 72.8 Å². The highest BCUT2D eigenvalue weighted by molar-refractivity contribution is 6.35. The van der Waals surface area contributed by atoms with Crippen LogP contribution >= 0.6 is 11.6 Å². The number of aliphatic hydroxyl groups is 3. The average Bonchev–Trinajstić information content (AvgIpc) is 3.12. The number of carbonyl (C=O) groups excluding carboxylic acids is 5. The number of hydrogen-bond donors (Lipinski definition) is 7. The molecule has 0 saturated carbocycles. The summed E-state index contributed by atoms with van der Waals surface area (Å²) in [6.45, 7) is 5.44. The van der Waals surface area contributed by atoms with E-state index in [-0.39, 0.29) is 29.1 Å². The summed E-state index contributed by atoms with van der Waals surface area (Å²) in [5.41, 5.74) is 4.47. The van der Waals surface area contributed by atoms with Gasteiger partial charge in [0.15, 0.2) is 18.1 Å². The Morgan fingerprint density at radius 3 is 2.49 bits per heavy atom. The number of benzene rings is 1. The SMILES string of the molecule is CNC(=O)O[C@H]1CC(=O)N([C@H]2O[C@@H](COC(C)=O)[C@H](OC(N)=O)[C@@H](O)[C@@H]2O)c2cc(cc(O)c2Cl)CC(C)=CC=C[C@@H](OC)[C@@]2(O)C[C@H](OC(=O)N2)[C@@H](C)C=C1C. The molecule has 19 nitrogen and oxygen atoms in total. The maximum Gasteiger partial charge on any atom is 0.409 e. The number of primary amides is 1. The minimum absolute atomic E-state index is 0.138. The molecule has 2 fully saturated rings. The van der Waals surface area contributed by atoms with Gasteiger partial charge in [0.25, 0.3) is 0 Å². The largest absolute Gasteiger partial charge is 0.506 e. The van der Waals surface area contributed by atoms with E-state index in [1.54, 1.807) is 45.1 Å². The molecular weight excluding hydrogens is 776 g/mol. The van der Waals surface area contributed by atoms with Crippen LogP contribution in [0.25, 0.3) is 0 Å². The number of halogens is 1. The minimum Gasteiger partial charge on any atom is -0.506 e. The van der Waals surface area contributed by atoms with E-state index >= 15 is 0 Å². The first-order valence-electron chi connectivity index (χ1n) is 17.9. The molecular formula is C37H49ClN4O15. The first-order chi connectivity index (χ1) is 26.8. The van der Waals surface area contributed by atoms with Crippen LogP contribution in [0.3, 0.4) is 0 Å². The van der Waals surface area contributed by atoms with Gasteiger partial charge in [-0.2, -0.15) is 0 Å². The smallest absolute Gasteiger partial charge is 0.409 e. The molecule has 8 N–H and O–H groups in total. The van der Waals surface area contributed by atoms with Crippen LogP contribution in [0.5, 0.6) is 5.75 Å².